The van der Waals surface area contributed by atoms with Crippen LogP contribution in [0.2, 0.25) is 0 Å². The van der Waals surface area contributed by atoms with Crippen molar-refractivity contribution in [1.29, 1.82) is 0 Å². The molecule has 0 aromatic carbocycles. The maximum absolute atomic E-state index is 8.74. The number of hydrogen-bond acceptors (Lipinski definition) is 2. The average Bonchev–Trinajstić information content (AvgIpc) is 0.722. The zero-order valence-electron chi connectivity index (χ0n) is 5.50. The molecule has 0 aliphatic rings. The first-order valence-electron chi connectivity index (χ1n) is 0.698. The Morgan fingerprint density at radius 2 is 0.667 bits per heavy atom. The van der Waals surface area contributed by atoms with Crippen molar-refractivity contribution >= 4 is 10.4 Å². The van der Waals surface area contributed by atoms with E-state index in [2.05, 4.69) is 0 Å². The molecule has 0 spiro atoms. The Morgan fingerprint density at radius 3 is 0.667 bits per heavy atom. The van der Waals surface area contributed by atoms with E-state index < -0.39 is 10.4 Å². The molecule has 0 aromatic rings. The third-order valence-corrected chi connectivity index (χ3v) is 0. The fourth-order valence-electron chi connectivity index (χ4n) is 0. The largest absolute Gasteiger partial charge is 0.412 e. The van der Waals surface area contributed by atoms with Gasteiger partial charge in [0, 0.05) is 17.1 Å². The quantitative estimate of drug-likeness (QED) is 0.318. The smallest absolute Gasteiger partial charge is 0.394 e. The minimum Gasteiger partial charge on any atom is -0.412 e. The van der Waals surface area contributed by atoms with Gasteiger partial charge in [0.1, 0.15) is 0 Å². The first-order valence-corrected chi connectivity index (χ1v) is 2.10. The molecular weight excluding hydrogens is 247 g/mol. The molecular formula is H14MnO10S. The van der Waals surface area contributed by atoms with Gasteiger partial charge in [-0.05, 0) is 0 Å². The second-order valence-corrected chi connectivity index (χ2v) is 1.34. The Labute approximate surface area is 78.5 Å². The molecule has 87 valence electrons. The number of rotatable bonds is 0. The summed E-state index contributed by atoms with van der Waals surface area (Å²) in [5.41, 5.74) is 0. The normalized spacial score (nSPS) is 4.83. The van der Waals surface area contributed by atoms with Crippen molar-refractivity contribution in [3.63, 3.8) is 0 Å². The summed E-state index contributed by atoms with van der Waals surface area (Å²) in [5, 5.41) is 0. The van der Waals surface area contributed by atoms with Crippen molar-refractivity contribution in [2.75, 3.05) is 0 Å². The molecule has 0 saturated heterocycles. The molecule has 0 aliphatic heterocycles. The van der Waals surface area contributed by atoms with E-state index in [0.717, 1.165) is 0 Å². The van der Waals surface area contributed by atoms with Gasteiger partial charge in [0.05, 0.1) is 0 Å². The van der Waals surface area contributed by atoms with Crippen LogP contribution < -0.4 is 0 Å². The summed E-state index contributed by atoms with van der Waals surface area (Å²) in [6.07, 6.45) is 0. The summed E-state index contributed by atoms with van der Waals surface area (Å²) in [7, 11) is -4.67. The van der Waals surface area contributed by atoms with Gasteiger partial charge in [-0.2, -0.15) is 8.42 Å². The molecule has 12 heavy (non-hydrogen) atoms. The van der Waals surface area contributed by atoms with Crippen LogP contribution in [0, 0.1) is 0 Å². The van der Waals surface area contributed by atoms with Gasteiger partial charge in [-0.3, -0.25) is 9.11 Å². The molecule has 0 heterocycles. The summed E-state index contributed by atoms with van der Waals surface area (Å²) in [4.78, 5) is 0. The Bertz CT molecular complexity index is 93.0. The predicted molar refractivity (Wildman–Crippen MR) is 35.9 cm³/mol. The maximum Gasteiger partial charge on any atom is 0.394 e. The van der Waals surface area contributed by atoms with Gasteiger partial charge in [-0.25, -0.2) is 0 Å². The zero-order chi connectivity index (χ0) is 4.50. The molecule has 0 unspecified atom stereocenters. The van der Waals surface area contributed by atoms with Crippen LogP contribution in [0.15, 0.2) is 0 Å². The minimum absolute atomic E-state index is 0. The van der Waals surface area contributed by atoms with Gasteiger partial charge in [-0.15, -0.1) is 0 Å². The van der Waals surface area contributed by atoms with Crippen molar-refractivity contribution in [1.82, 2.24) is 0 Å². The van der Waals surface area contributed by atoms with Crippen LogP contribution in [-0.2, 0) is 27.5 Å². The first-order chi connectivity index (χ1) is 2.00. The Hall–Kier alpha value is 0.149. The summed E-state index contributed by atoms with van der Waals surface area (Å²) in [5.74, 6) is 0. The van der Waals surface area contributed by atoms with E-state index in [1.54, 1.807) is 0 Å². The van der Waals surface area contributed by atoms with Crippen LogP contribution in [0.5, 0.6) is 0 Å². The van der Waals surface area contributed by atoms with Gasteiger partial charge in [0.15, 0.2) is 0 Å². The van der Waals surface area contributed by atoms with Gasteiger partial charge >= 0.3 is 10.4 Å². The standard InChI is InChI=1S/Mn.H2O4S.6H2O/c;1-5(2,3)4;;;;;;/h;(H2,1,2,3,4);6*1H2. The van der Waals surface area contributed by atoms with Crippen LogP contribution in [0.4, 0.5) is 0 Å². The van der Waals surface area contributed by atoms with Crippen LogP contribution >= 0.6 is 0 Å². The fourth-order valence-corrected chi connectivity index (χ4v) is 0. The Morgan fingerprint density at radius 1 is 0.667 bits per heavy atom. The van der Waals surface area contributed by atoms with Gasteiger partial charge < -0.3 is 32.9 Å². The van der Waals surface area contributed by atoms with E-state index in [9.17, 15) is 0 Å². The van der Waals surface area contributed by atoms with Crippen LogP contribution in [0.1, 0.15) is 0 Å². The molecule has 0 bridgehead atoms. The molecule has 10 nitrogen and oxygen atoms in total. The second-order valence-electron chi connectivity index (χ2n) is 0.448. The van der Waals surface area contributed by atoms with Gasteiger partial charge in [0.25, 0.3) is 0 Å². The summed E-state index contributed by atoms with van der Waals surface area (Å²) in [6.45, 7) is 0. The van der Waals surface area contributed by atoms with E-state index in [1.165, 1.54) is 0 Å². The maximum atomic E-state index is 8.74. The van der Waals surface area contributed by atoms with Crippen molar-refractivity contribution in [2.45, 2.75) is 0 Å². The van der Waals surface area contributed by atoms with Crippen LogP contribution in [-0.4, -0.2) is 50.4 Å². The minimum atomic E-state index is -4.67. The first kappa shape index (κ1) is 87.7. The molecule has 1 radical (unpaired) electrons. The Balaban J connectivity index is -0.00000000381. The molecule has 0 aliphatic carbocycles. The zero-order valence-corrected chi connectivity index (χ0v) is 7.49. The van der Waals surface area contributed by atoms with E-state index in [-0.39, 0.29) is 49.9 Å². The fraction of sp³-hybridized carbons (Fsp3) is 0. The summed E-state index contributed by atoms with van der Waals surface area (Å²) < 4.78 is 31.6. The van der Waals surface area contributed by atoms with Gasteiger partial charge in [-0.1, -0.05) is 0 Å². The van der Waals surface area contributed by atoms with Crippen molar-refractivity contribution < 1.29 is 67.4 Å². The van der Waals surface area contributed by atoms with Crippen LogP contribution in [0.3, 0.4) is 0 Å². The number of hydrogen-bond donors (Lipinski definition) is 2. The molecule has 0 atom stereocenters. The molecule has 0 saturated carbocycles. The molecule has 0 rings (SSSR count). The van der Waals surface area contributed by atoms with E-state index in [0.29, 0.717) is 0 Å². The van der Waals surface area contributed by atoms with Crippen molar-refractivity contribution in [3.8, 4) is 0 Å². The van der Waals surface area contributed by atoms with E-state index in [1.807, 2.05) is 0 Å². The third kappa shape index (κ3) is 38000. The molecule has 0 fully saturated rings. The Kier molecular flexibility index (Phi) is 222. The summed E-state index contributed by atoms with van der Waals surface area (Å²) in [6, 6.07) is 0. The molecule has 0 aromatic heterocycles. The monoisotopic (exact) mass is 261 g/mol. The summed E-state index contributed by atoms with van der Waals surface area (Å²) >= 11 is 0. The van der Waals surface area contributed by atoms with E-state index in [4.69, 9.17) is 17.5 Å². The molecule has 14 N–H and O–H groups in total. The molecule has 12 heteroatoms. The van der Waals surface area contributed by atoms with Gasteiger partial charge in [0.2, 0.25) is 0 Å². The third-order valence-electron chi connectivity index (χ3n) is 0. The van der Waals surface area contributed by atoms with Crippen LogP contribution in [0.25, 0.3) is 0 Å². The van der Waals surface area contributed by atoms with E-state index >= 15 is 0 Å². The SMILES string of the molecule is O.O.O.O.O.O.O=S(=O)(O)O.[Mn]. The van der Waals surface area contributed by atoms with Crippen molar-refractivity contribution in [2.24, 2.45) is 0 Å². The average molecular weight is 261 g/mol. The molecule has 0 amide bonds. The predicted octanol–water partition coefficient (Wildman–Crippen LogP) is -5.60. The topological polar surface area (TPSA) is 264 Å². The second kappa shape index (κ2) is 30.4. The van der Waals surface area contributed by atoms with Crippen molar-refractivity contribution in [3.05, 3.63) is 0 Å².